The molecule has 114 valence electrons. The van der Waals surface area contributed by atoms with E-state index in [0.717, 1.165) is 11.8 Å². The van der Waals surface area contributed by atoms with Crippen LogP contribution < -0.4 is 0 Å². The first-order valence-electron chi connectivity index (χ1n) is 5.35. The minimum Gasteiger partial charge on any atom is -0.481 e. The zero-order valence-corrected chi connectivity index (χ0v) is 10.9. The van der Waals surface area contributed by atoms with Gasteiger partial charge in [0.1, 0.15) is 13.2 Å². The molecule has 1 heterocycles. The Balaban J connectivity index is 2.57. The van der Waals surface area contributed by atoms with Gasteiger partial charge in [-0.25, -0.2) is 0 Å². The number of rotatable bonds is 8. The molecule has 0 fully saturated rings. The lowest BCUT2D eigenvalue weighted by Gasteiger charge is -2.10. The van der Waals surface area contributed by atoms with Gasteiger partial charge in [-0.05, 0) is 0 Å². The highest BCUT2D eigenvalue weighted by molar-refractivity contribution is 7.99. The van der Waals surface area contributed by atoms with Gasteiger partial charge in [-0.1, -0.05) is 11.8 Å². The maximum Gasteiger partial charge on any atom is 0.411 e. The lowest BCUT2D eigenvalue weighted by atomic mass is 10.5. The minimum absolute atomic E-state index is 0.0130. The van der Waals surface area contributed by atoms with Crippen LogP contribution >= 0.6 is 11.8 Å². The molecule has 0 aliphatic rings. The molecule has 1 aromatic heterocycles. The maximum atomic E-state index is 11.9. The van der Waals surface area contributed by atoms with Gasteiger partial charge in [-0.2, -0.15) is 13.2 Å². The first kappa shape index (κ1) is 16.7. The highest BCUT2D eigenvalue weighted by Crippen LogP contribution is 2.18. The number of hydrogen-bond acceptors (Lipinski definition) is 6. The van der Waals surface area contributed by atoms with Gasteiger partial charge in [-0.3, -0.25) is 4.79 Å². The number of halogens is 3. The molecule has 0 atom stereocenters. The predicted molar refractivity (Wildman–Crippen MR) is 61.2 cm³/mol. The number of nitrogens with zero attached hydrogens (tertiary/aromatic N) is 3. The van der Waals surface area contributed by atoms with Gasteiger partial charge in [0, 0.05) is 6.54 Å². The average Bonchev–Trinajstić information content (AvgIpc) is 2.73. The zero-order valence-electron chi connectivity index (χ0n) is 10.1. The molecular formula is C9H12F3N3O4S. The van der Waals surface area contributed by atoms with E-state index < -0.39 is 25.4 Å². The second-order valence-corrected chi connectivity index (χ2v) is 4.50. The number of aliphatic hydroxyl groups excluding tert-OH is 1. The van der Waals surface area contributed by atoms with Crippen molar-refractivity contribution in [2.75, 3.05) is 19.0 Å². The van der Waals surface area contributed by atoms with Gasteiger partial charge in [0.25, 0.3) is 0 Å². The SMILES string of the molecule is O=C(O)CSc1nnc(CO)n1CCOCC(F)(F)F. The van der Waals surface area contributed by atoms with E-state index in [1.165, 1.54) is 4.57 Å². The van der Waals surface area contributed by atoms with Crippen LogP contribution in [0.2, 0.25) is 0 Å². The van der Waals surface area contributed by atoms with E-state index in [0.29, 0.717) is 0 Å². The molecule has 1 aromatic rings. The van der Waals surface area contributed by atoms with Crippen molar-refractivity contribution in [2.24, 2.45) is 0 Å². The van der Waals surface area contributed by atoms with Crippen molar-refractivity contribution < 1.29 is 32.9 Å². The third kappa shape index (κ3) is 5.75. The Hall–Kier alpha value is -1.33. The Labute approximate surface area is 115 Å². The third-order valence-corrected chi connectivity index (χ3v) is 2.94. The van der Waals surface area contributed by atoms with Crippen LogP contribution in [0.5, 0.6) is 0 Å². The van der Waals surface area contributed by atoms with Crippen molar-refractivity contribution in [3.63, 3.8) is 0 Å². The molecule has 0 bridgehead atoms. The molecule has 0 unspecified atom stereocenters. The van der Waals surface area contributed by atoms with Crippen molar-refractivity contribution in [3.8, 4) is 0 Å². The van der Waals surface area contributed by atoms with Gasteiger partial charge < -0.3 is 19.5 Å². The van der Waals surface area contributed by atoms with Crippen LogP contribution in [0.1, 0.15) is 5.82 Å². The average molecular weight is 315 g/mol. The minimum atomic E-state index is -4.41. The van der Waals surface area contributed by atoms with E-state index >= 15 is 0 Å². The lowest BCUT2D eigenvalue weighted by molar-refractivity contribution is -0.174. The van der Waals surface area contributed by atoms with E-state index in [9.17, 15) is 18.0 Å². The molecule has 0 amide bonds. The molecule has 11 heteroatoms. The highest BCUT2D eigenvalue weighted by Gasteiger charge is 2.27. The van der Waals surface area contributed by atoms with E-state index in [-0.39, 0.29) is 29.9 Å². The first-order chi connectivity index (χ1) is 9.33. The second-order valence-electron chi connectivity index (χ2n) is 3.56. The smallest absolute Gasteiger partial charge is 0.411 e. The summed E-state index contributed by atoms with van der Waals surface area (Å²) in [6.07, 6.45) is -4.41. The Morgan fingerprint density at radius 3 is 2.65 bits per heavy atom. The molecule has 0 saturated heterocycles. The molecule has 0 spiro atoms. The zero-order chi connectivity index (χ0) is 15.2. The Bertz CT molecular complexity index is 452. The number of ether oxygens (including phenoxy) is 1. The van der Waals surface area contributed by atoms with E-state index in [2.05, 4.69) is 14.9 Å². The summed E-state index contributed by atoms with van der Waals surface area (Å²) in [5, 5.41) is 25.1. The number of aliphatic hydroxyl groups is 1. The molecule has 0 aliphatic carbocycles. The van der Waals surface area contributed by atoms with Gasteiger partial charge >= 0.3 is 12.1 Å². The van der Waals surface area contributed by atoms with Gasteiger partial charge in [0.15, 0.2) is 11.0 Å². The summed E-state index contributed by atoms with van der Waals surface area (Å²) in [6, 6.07) is 0. The van der Waals surface area contributed by atoms with Crippen LogP contribution in [-0.2, 0) is 22.7 Å². The fourth-order valence-electron chi connectivity index (χ4n) is 1.24. The molecule has 0 saturated carbocycles. The quantitative estimate of drug-likeness (QED) is 0.533. The standard InChI is InChI=1S/C9H12F3N3O4S/c10-9(11,12)5-19-2-1-15-6(3-16)13-14-8(15)20-4-7(17)18/h16H,1-5H2,(H,17,18). The lowest BCUT2D eigenvalue weighted by Crippen LogP contribution is -2.19. The summed E-state index contributed by atoms with van der Waals surface area (Å²) in [6.45, 7) is -2.10. The van der Waals surface area contributed by atoms with Crippen LogP contribution in [0.4, 0.5) is 13.2 Å². The number of carboxylic acid groups (broad SMARTS) is 1. The number of alkyl halides is 3. The molecule has 0 aromatic carbocycles. The van der Waals surface area contributed by atoms with Crippen molar-refractivity contribution in [1.29, 1.82) is 0 Å². The number of thioether (sulfide) groups is 1. The van der Waals surface area contributed by atoms with Crippen molar-refractivity contribution in [1.82, 2.24) is 14.8 Å². The normalized spacial score (nSPS) is 11.8. The fraction of sp³-hybridized carbons (Fsp3) is 0.667. The van der Waals surface area contributed by atoms with Crippen LogP contribution in [0.25, 0.3) is 0 Å². The van der Waals surface area contributed by atoms with Crippen LogP contribution in [0, 0.1) is 0 Å². The summed E-state index contributed by atoms with van der Waals surface area (Å²) < 4.78 is 41.4. The van der Waals surface area contributed by atoms with Crippen molar-refractivity contribution in [2.45, 2.75) is 24.5 Å². The molecule has 20 heavy (non-hydrogen) atoms. The second kappa shape index (κ2) is 7.45. The summed E-state index contributed by atoms with van der Waals surface area (Å²) in [4.78, 5) is 10.5. The molecular weight excluding hydrogens is 303 g/mol. The predicted octanol–water partition coefficient (Wildman–Crippen LogP) is 0.526. The van der Waals surface area contributed by atoms with Gasteiger partial charge in [-0.15, -0.1) is 10.2 Å². The highest BCUT2D eigenvalue weighted by atomic mass is 32.2. The topological polar surface area (TPSA) is 97.5 Å². The van der Waals surface area contributed by atoms with Crippen LogP contribution in [0.3, 0.4) is 0 Å². The molecule has 7 nitrogen and oxygen atoms in total. The Morgan fingerprint density at radius 2 is 2.10 bits per heavy atom. The van der Waals surface area contributed by atoms with Crippen molar-refractivity contribution in [3.05, 3.63) is 5.82 Å². The van der Waals surface area contributed by atoms with Crippen molar-refractivity contribution >= 4 is 17.7 Å². The van der Waals surface area contributed by atoms with Crippen LogP contribution in [-0.4, -0.2) is 56.1 Å². The number of aromatic nitrogens is 3. The number of hydrogen-bond donors (Lipinski definition) is 2. The monoisotopic (exact) mass is 315 g/mol. The number of carboxylic acids is 1. The largest absolute Gasteiger partial charge is 0.481 e. The van der Waals surface area contributed by atoms with Gasteiger partial charge in [0.2, 0.25) is 0 Å². The fourth-order valence-corrected chi connectivity index (χ4v) is 1.94. The number of carbonyl (C=O) groups is 1. The summed E-state index contributed by atoms with van der Waals surface area (Å²) >= 11 is 0.856. The Morgan fingerprint density at radius 1 is 1.40 bits per heavy atom. The molecule has 0 aliphatic heterocycles. The third-order valence-electron chi connectivity index (χ3n) is 1.98. The molecule has 0 radical (unpaired) electrons. The summed E-state index contributed by atoms with van der Waals surface area (Å²) in [7, 11) is 0. The summed E-state index contributed by atoms with van der Waals surface area (Å²) in [5.41, 5.74) is 0. The van der Waals surface area contributed by atoms with E-state index in [1.807, 2.05) is 0 Å². The van der Waals surface area contributed by atoms with Gasteiger partial charge in [0.05, 0.1) is 12.4 Å². The molecule has 2 N–H and O–H groups in total. The van der Waals surface area contributed by atoms with E-state index in [1.54, 1.807) is 0 Å². The number of aliphatic carboxylic acids is 1. The molecule has 1 rings (SSSR count). The van der Waals surface area contributed by atoms with Crippen LogP contribution in [0.15, 0.2) is 5.16 Å². The first-order valence-corrected chi connectivity index (χ1v) is 6.34. The Kier molecular flexibility index (Phi) is 6.23. The summed E-state index contributed by atoms with van der Waals surface area (Å²) in [5.74, 6) is -1.20. The van der Waals surface area contributed by atoms with E-state index in [4.69, 9.17) is 10.2 Å². The maximum absolute atomic E-state index is 11.9.